The van der Waals surface area contributed by atoms with Crippen LogP contribution < -0.4 is 5.32 Å². The second kappa shape index (κ2) is 6.17. The second-order valence-electron chi connectivity index (χ2n) is 5.91. The third kappa shape index (κ3) is 2.95. The molecule has 120 valence electrons. The first-order valence-corrected chi connectivity index (χ1v) is 8.70. The summed E-state index contributed by atoms with van der Waals surface area (Å²) in [6, 6.07) is 18.6. The third-order valence-electron chi connectivity index (χ3n) is 4.22. The highest BCUT2D eigenvalue weighted by molar-refractivity contribution is 8.15. The number of hydrogen-bond donors (Lipinski definition) is 1. The van der Waals surface area contributed by atoms with E-state index in [0.29, 0.717) is 6.42 Å². The molecule has 1 aliphatic rings. The SMILES string of the molecule is O=C1NC(=O)C(Cc2ccc3ccn(Cc4ccccc4)c3c2)S1. The van der Waals surface area contributed by atoms with Gasteiger partial charge in [-0.25, -0.2) is 0 Å². The number of imide groups is 1. The van der Waals surface area contributed by atoms with Crippen molar-refractivity contribution in [1.82, 2.24) is 9.88 Å². The molecule has 1 aliphatic heterocycles. The van der Waals surface area contributed by atoms with Crippen LogP contribution >= 0.6 is 11.8 Å². The fourth-order valence-electron chi connectivity index (χ4n) is 3.02. The summed E-state index contributed by atoms with van der Waals surface area (Å²) < 4.78 is 2.21. The Kier molecular flexibility index (Phi) is 3.86. The number of hydrogen-bond acceptors (Lipinski definition) is 3. The van der Waals surface area contributed by atoms with Crippen molar-refractivity contribution in [2.24, 2.45) is 0 Å². The van der Waals surface area contributed by atoms with Crippen LogP contribution in [0.5, 0.6) is 0 Å². The molecule has 5 heteroatoms. The zero-order valence-electron chi connectivity index (χ0n) is 12.9. The molecule has 2 aromatic carbocycles. The van der Waals surface area contributed by atoms with Crippen molar-refractivity contribution in [1.29, 1.82) is 0 Å². The number of benzene rings is 2. The highest BCUT2D eigenvalue weighted by Crippen LogP contribution is 2.25. The predicted molar refractivity (Wildman–Crippen MR) is 96.1 cm³/mol. The number of carbonyl (C=O) groups excluding carboxylic acids is 2. The van der Waals surface area contributed by atoms with Gasteiger partial charge >= 0.3 is 0 Å². The molecule has 0 saturated carbocycles. The molecule has 4 nitrogen and oxygen atoms in total. The van der Waals surface area contributed by atoms with Gasteiger partial charge in [0, 0.05) is 18.3 Å². The molecular weight excluding hydrogens is 320 g/mol. The zero-order chi connectivity index (χ0) is 16.5. The molecule has 1 saturated heterocycles. The molecule has 0 spiro atoms. The number of fused-ring (bicyclic) bond motifs is 1. The lowest BCUT2D eigenvalue weighted by Crippen LogP contribution is -2.25. The summed E-state index contributed by atoms with van der Waals surface area (Å²) in [7, 11) is 0. The van der Waals surface area contributed by atoms with E-state index in [1.54, 1.807) is 0 Å². The van der Waals surface area contributed by atoms with Gasteiger partial charge in [-0.15, -0.1) is 0 Å². The van der Waals surface area contributed by atoms with E-state index in [-0.39, 0.29) is 16.4 Å². The Morgan fingerprint density at radius 2 is 1.83 bits per heavy atom. The van der Waals surface area contributed by atoms with Crippen LogP contribution in [0.1, 0.15) is 11.1 Å². The number of thioether (sulfide) groups is 1. The first-order chi connectivity index (χ1) is 11.7. The third-order valence-corrected chi connectivity index (χ3v) is 5.20. The lowest BCUT2D eigenvalue weighted by Gasteiger charge is -2.09. The highest BCUT2D eigenvalue weighted by atomic mass is 32.2. The normalized spacial score (nSPS) is 17.4. The van der Waals surface area contributed by atoms with Gasteiger partial charge < -0.3 is 4.57 Å². The van der Waals surface area contributed by atoms with Crippen LogP contribution in [0.3, 0.4) is 0 Å². The summed E-state index contributed by atoms with van der Waals surface area (Å²) >= 11 is 1.08. The van der Waals surface area contributed by atoms with Crippen LogP contribution in [-0.4, -0.2) is 21.0 Å². The molecule has 24 heavy (non-hydrogen) atoms. The quantitative estimate of drug-likeness (QED) is 0.792. The van der Waals surface area contributed by atoms with E-state index >= 15 is 0 Å². The van der Waals surface area contributed by atoms with E-state index in [4.69, 9.17) is 0 Å². The Morgan fingerprint density at radius 3 is 2.58 bits per heavy atom. The average molecular weight is 336 g/mol. The maximum atomic E-state index is 11.8. The largest absolute Gasteiger partial charge is 0.343 e. The van der Waals surface area contributed by atoms with Crippen LogP contribution in [0.2, 0.25) is 0 Å². The number of rotatable bonds is 4. The molecule has 0 aliphatic carbocycles. The van der Waals surface area contributed by atoms with Crippen LogP contribution in [-0.2, 0) is 17.8 Å². The minimum atomic E-state index is -0.326. The number of nitrogens with zero attached hydrogens (tertiary/aromatic N) is 1. The molecule has 1 unspecified atom stereocenters. The van der Waals surface area contributed by atoms with Gasteiger partial charge in [-0.1, -0.05) is 54.2 Å². The average Bonchev–Trinajstić information content (AvgIpc) is 3.11. The standard InChI is InChI=1S/C19H16N2O2S/c22-18-17(24-19(23)20-18)11-14-6-7-15-8-9-21(16(15)10-14)12-13-4-2-1-3-5-13/h1-10,17H,11-12H2,(H,20,22,23). The van der Waals surface area contributed by atoms with E-state index in [9.17, 15) is 9.59 Å². The van der Waals surface area contributed by atoms with Crippen LogP contribution in [0.15, 0.2) is 60.8 Å². The van der Waals surface area contributed by atoms with Gasteiger partial charge in [-0.3, -0.25) is 14.9 Å². The van der Waals surface area contributed by atoms with Crippen molar-refractivity contribution < 1.29 is 9.59 Å². The predicted octanol–water partition coefficient (Wildman–Crippen LogP) is 3.58. The van der Waals surface area contributed by atoms with E-state index in [2.05, 4.69) is 46.4 Å². The van der Waals surface area contributed by atoms with Gasteiger partial charge in [0.15, 0.2) is 0 Å². The minimum absolute atomic E-state index is 0.190. The zero-order valence-corrected chi connectivity index (χ0v) is 13.8. The van der Waals surface area contributed by atoms with Gasteiger partial charge in [0.25, 0.3) is 5.24 Å². The molecule has 1 atom stereocenters. The monoisotopic (exact) mass is 336 g/mol. The highest BCUT2D eigenvalue weighted by Gasteiger charge is 2.31. The second-order valence-corrected chi connectivity index (χ2v) is 7.09. The van der Waals surface area contributed by atoms with E-state index in [1.807, 2.05) is 24.3 Å². The molecule has 1 fully saturated rings. The number of nitrogens with one attached hydrogen (secondary N) is 1. The van der Waals surface area contributed by atoms with Crippen LogP contribution in [0.4, 0.5) is 4.79 Å². The first kappa shape index (κ1) is 15.0. The van der Waals surface area contributed by atoms with Crippen molar-refractivity contribution in [3.63, 3.8) is 0 Å². The number of carbonyl (C=O) groups is 2. The lowest BCUT2D eigenvalue weighted by atomic mass is 10.1. The van der Waals surface area contributed by atoms with E-state index in [1.165, 1.54) is 10.9 Å². The topological polar surface area (TPSA) is 51.1 Å². The molecule has 1 N–H and O–H groups in total. The first-order valence-electron chi connectivity index (χ1n) is 7.82. The molecule has 0 radical (unpaired) electrons. The summed E-state index contributed by atoms with van der Waals surface area (Å²) in [6.07, 6.45) is 2.65. The van der Waals surface area contributed by atoms with Crippen molar-refractivity contribution in [2.75, 3.05) is 0 Å². The minimum Gasteiger partial charge on any atom is -0.343 e. The Labute approximate surface area is 143 Å². The van der Waals surface area contributed by atoms with Crippen molar-refractivity contribution in [2.45, 2.75) is 18.2 Å². The van der Waals surface area contributed by atoms with Gasteiger partial charge in [-0.05, 0) is 35.1 Å². The van der Waals surface area contributed by atoms with Gasteiger partial charge in [-0.2, -0.15) is 0 Å². The van der Waals surface area contributed by atoms with E-state index < -0.39 is 0 Å². The summed E-state index contributed by atoms with van der Waals surface area (Å²) in [5.74, 6) is -0.190. The Morgan fingerprint density at radius 1 is 1.00 bits per heavy atom. The Hall–Kier alpha value is -2.53. The van der Waals surface area contributed by atoms with Gasteiger partial charge in [0.2, 0.25) is 5.91 Å². The summed E-state index contributed by atoms with van der Waals surface area (Å²) in [6.45, 7) is 0.810. The van der Waals surface area contributed by atoms with Gasteiger partial charge in [0.1, 0.15) is 0 Å². The maximum Gasteiger partial charge on any atom is 0.286 e. The van der Waals surface area contributed by atoms with Crippen LogP contribution in [0, 0.1) is 0 Å². The molecule has 2 amide bonds. The number of aromatic nitrogens is 1. The summed E-state index contributed by atoms with van der Waals surface area (Å²) in [5.41, 5.74) is 3.46. The smallest absolute Gasteiger partial charge is 0.286 e. The van der Waals surface area contributed by atoms with Crippen molar-refractivity contribution >= 4 is 33.8 Å². The molecule has 2 heterocycles. The van der Waals surface area contributed by atoms with Gasteiger partial charge in [0.05, 0.1) is 5.25 Å². The fourth-order valence-corrected chi connectivity index (χ4v) is 3.88. The number of amides is 2. The van der Waals surface area contributed by atoms with E-state index in [0.717, 1.165) is 29.4 Å². The molecular formula is C19H16N2O2S. The maximum absolute atomic E-state index is 11.8. The molecule has 0 bridgehead atoms. The summed E-state index contributed by atoms with van der Waals surface area (Å²) in [4.78, 5) is 23.1. The summed E-state index contributed by atoms with van der Waals surface area (Å²) in [5, 5.41) is 2.94. The fraction of sp³-hybridized carbons (Fsp3) is 0.158. The van der Waals surface area contributed by atoms with Crippen molar-refractivity contribution in [3.8, 4) is 0 Å². The van der Waals surface area contributed by atoms with Crippen molar-refractivity contribution in [3.05, 3.63) is 71.9 Å². The Balaban J connectivity index is 1.61. The molecule has 3 aromatic rings. The van der Waals surface area contributed by atoms with Crippen LogP contribution in [0.25, 0.3) is 10.9 Å². The Bertz CT molecular complexity index is 918. The molecule has 1 aromatic heterocycles. The lowest BCUT2D eigenvalue weighted by molar-refractivity contribution is -0.118. The molecule has 4 rings (SSSR count).